The fraction of sp³-hybridized carbons (Fsp3) is 0.0769. The Morgan fingerprint density at radius 3 is 2.47 bits per heavy atom. The van der Waals surface area contributed by atoms with Crippen molar-refractivity contribution in [1.82, 2.24) is 0 Å². The van der Waals surface area contributed by atoms with Crippen LogP contribution in [0.4, 0.5) is 4.39 Å². The Morgan fingerprint density at radius 1 is 1.12 bits per heavy atom. The van der Waals surface area contributed by atoms with Crippen LogP contribution in [0.2, 0.25) is 10.0 Å². The maximum atomic E-state index is 14.1. The number of aryl methyl sites for hydroxylation is 1. The molecule has 0 heterocycles. The van der Waals surface area contributed by atoms with Crippen LogP contribution in [-0.2, 0) is 0 Å². The molecule has 0 aliphatic rings. The SMILES string of the molecule is Cc1ccc(Cl)c(-c2cc(Cl)cc(Br)c2)c1F. The van der Waals surface area contributed by atoms with Gasteiger partial charge in [-0.15, -0.1) is 0 Å². The second kappa shape index (κ2) is 4.97. The largest absolute Gasteiger partial charge is 0.206 e. The van der Waals surface area contributed by atoms with E-state index in [0.29, 0.717) is 26.7 Å². The predicted octanol–water partition coefficient (Wildman–Crippen LogP) is 5.87. The molecule has 0 aliphatic heterocycles. The van der Waals surface area contributed by atoms with Gasteiger partial charge < -0.3 is 0 Å². The molecule has 0 saturated heterocycles. The summed E-state index contributed by atoms with van der Waals surface area (Å²) in [4.78, 5) is 0. The van der Waals surface area contributed by atoms with Crippen LogP contribution in [0, 0.1) is 12.7 Å². The lowest BCUT2D eigenvalue weighted by Gasteiger charge is -2.09. The van der Waals surface area contributed by atoms with Crippen molar-refractivity contribution in [3.63, 3.8) is 0 Å². The number of benzene rings is 2. The molecule has 0 amide bonds. The highest BCUT2D eigenvalue weighted by Gasteiger charge is 2.13. The van der Waals surface area contributed by atoms with Crippen molar-refractivity contribution < 1.29 is 4.39 Å². The molecule has 0 nitrogen and oxygen atoms in total. The van der Waals surface area contributed by atoms with E-state index in [2.05, 4.69) is 15.9 Å². The molecule has 0 saturated carbocycles. The van der Waals surface area contributed by atoms with Crippen LogP contribution in [0.5, 0.6) is 0 Å². The van der Waals surface area contributed by atoms with Crippen molar-refractivity contribution in [3.05, 3.63) is 56.2 Å². The fourth-order valence-electron chi connectivity index (χ4n) is 1.62. The topological polar surface area (TPSA) is 0 Å². The number of hydrogen-bond donors (Lipinski definition) is 0. The van der Waals surface area contributed by atoms with Crippen LogP contribution in [0.15, 0.2) is 34.8 Å². The zero-order chi connectivity index (χ0) is 12.6. The third kappa shape index (κ3) is 2.65. The highest BCUT2D eigenvalue weighted by Crippen LogP contribution is 2.35. The summed E-state index contributed by atoms with van der Waals surface area (Å²) in [6, 6.07) is 8.56. The minimum absolute atomic E-state index is 0.313. The first-order chi connectivity index (χ1) is 7.99. The lowest BCUT2D eigenvalue weighted by molar-refractivity contribution is 0.622. The molecular weight excluding hydrogens is 326 g/mol. The molecular formula is C13H8BrCl2F. The number of halogens is 4. The summed E-state index contributed by atoms with van der Waals surface area (Å²) in [5.41, 5.74) is 1.60. The molecule has 2 rings (SSSR count). The molecule has 2 aromatic rings. The lowest BCUT2D eigenvalue weighted by atomic mass is 10.0. The first kappa shape index (κ1) is 12.9. The Bertz CT molecular complexity index is 562. The Labute approximate surface area is 117 Å². The molecule has 0 aromatic heterocycles. The van der Waals surface area contributed by atoms with Gasteiger partial charge in [0.15, 0.2) is 0 Å². The Morgan fingerprint density at radius 2 is 1.82 bits per heavy atom. The summed E-state index contributed by atoms with van der Waals surface area (Å²) in [5.74, 6) is -0.313. The maximum Gasteiger partial charge on any atom is 0.135 e. The number of hydrogen-bond acceptors (Lipinski definition) is 0. The van der Waals surface area contributed by atoms with Gasteiger partial charge >= 0.3 is 0 Å². The van der Waals surface area contributed by atoms with Gasteiger partial charge in [0, 0.05) is 15.1 Å². The molecule has 88 valence electrons. The minimum Gasteiger partial charge on any atom is -0.206 e. The van der Waals surface area contributed by atoms with Crippen LogP contribution in [0.1, 0.15) is 5.56 Å². The molecule has 2 aromatic carbocycles. The van der Waals surface area contributed by atoms with Crippen molar-refractivity contribution in [2.45, 2.75) is 6.92 Å². The van der Waals surface area contributed by atoms with Crippen molar-refractivity contribution in [3.8, 4) is 11.1 Å². The van der Waals surface area contributed by atoms with E-state index >= 15 is 0 Å². The van der Waals surface area contributed by atoms with Crippen LogP contribution in [0.3, 0.4) is 0 Å². The first-order valence-corrected chi connectivity index (χ1v) is 6.45. The molecule has 0 atom stereocenters. The molecule has 0 spiro atoms. The van der Waals surface area contributed by atoms with Crippen LogP contribution in [-0.4, -0.2) is 0 Å². The van der Waals surface area contributed by atoms with Gasteiger partial charge in [0.1, 0.15) is 5.82 Å². The summed E-state index contributed by atoms with van der Waals surface area (Å²) in [7, 11) is 0. The average Bonchev–Trinajstić information content (AvgIpc) is 2.23. The zero-order valence-electron chi connectivity index (χ0n) is 8.90. The van der Waals surface area contributed by atoms with Gasteiger partial charge in [0.25, 0.3) is 0 Å². The Hall–Kier alpha value is -0.570. The standard InChI is InChI=1S/C13H8BrCl2F/c1-7-2-3-11(16)12(13(7)17)8-4-9(14)6-10(15)5-8/h2-6H,1H3. The van der Waals surface area contributed by atoms with Crippen molar-refractivity contribution >= 4 is 39.1 Å². The smallest absolute Gasteiger partial charge is 0.135 e. The normalized spacial score (nSPS) is 10.6. The Balaban J connectivity index is 2.72. The van der Waals surface area contributed by atoms with E-state index in [-0.39, 0.29) is 5.82 Å². The number of rotatable bonds is 1. The monoisotopic (exact) mass is 332 g/mol. The fourth-order valence-corrected chi connectivity index (χ4v) is 2.73. The highest BCUT2D eigenvalue weighted by molar-refractivity contribution is 9.10. The van der Waals surface area contributed by atoms with E-state index in [1.54, 1.807) is 37.3 Å². The molecule has 0 unspecified atom stereocenters. The lowest BCUT2D eigenvalue weighted by Crippen LogP contribution is -1.90. The summed E-state index contributed by atoms with van der Waals surface area (Å²) in [5, 5.41) is 0.911. The summed E-state index contributed by atoms with van der Waals surface area (Å²) >= 11 is 15.3. The zero-order valence-corrected chi connectivity index (χ0v) is 12.0. The highest BCUT2D eigenvalue weighted by atomic mass is 79.9. The van der Waals surface area contributed by atoms with Crippen molar-refractivity contribution in [1.29, 1.82) is 0 Å². The molecule has 0 N–H and O–H groups in total. The minimum atomic E-state index is -0.313. The van der Waals surface area contributed by atoms with E-state index < -0.39 is 0 Å². The third-order valence-corrected chi connectivity index (χ3v) is 3.43. The molecule has 0 bridgehead atoms. The van der Waals surface area contributed by atoms with Gasteiger partial charge in [0.05, 0.1) is 5.02 Å². The van der Waals surface area contributed by atoms with Gasteiger partial charge in [-0.05, 0) is 42.3 Å². The second-order valence-electron chi connectivity index (χ2n) is 3.71. The van der Waals surface area contributed by atoms with E-state index in [9.17, 15) is 4.39 Å². The average molecular weight is 334 g/mol. The summed E-state index contributed by atoms with van der Waals surface area (Å²) in [6.45, 7) is 1.70. The molecule has 0 aliphatic carbocycles. The van der Waals surface area contributed by atoms with Crippen molar-refractivity contribution in [2.24, 2.45) is 0 Å². The van der Waals surface area contributed by atoms with Gasteiger partial charge in [-0.2, -0.15) is 0 Å². The molecule has 0 radical (unpaired) electrons. The second-order valence-corrected chi connectivity index (χ2v) is 5.47. The molecule has 17 heavy (non-hydrogen) atoms. The maximum absolute atomic E-state index is 14.1. The quantitative estimate of drug-likeness (QED) is 0.612. The Kier molecular flexibility index (Phi) is 3.76. The van der Waals surface area contributed by atoms with E-state index in [0.717, 1.165) is 4.47 Å². The van der Waals surface area contributed by atoms with Crippen LogP contribution in [0.25, 0.3) is 11.1 Å². The van der Waals surface area contributed by atoms with E-state index in [1.165, 1.54) is 0 Å². The van der Waals surface area contributed by atoms with Gasteiger partial charge in [-0.3, -0.25) is 0 Å². The molecule has 4 heteroatoms. The summed E-state index contributed by atoms with van der Waals surface area (Å²) in [6.07, 6.45) is 0. The predicted molar refractivity (Wildman–Crippen MR) is 74.3 cm³/mol. The molecule has 0 fully saturated rings. The van der Waals surface area contributed by atoms with Gasteiger partial charge in [0.2, 0.25) is 0 Å². The van der Waals surface area contributed by atoms with Gasteiger partial charge in [-0.1, -0.05) is 45.2 Å². The van der Waals surface area contributed by atoms with E-state index in [4.69, 9.17) is 23.2 Å². The summed E-state index contributed by atoms with van der Waals surface area (Å²) < 4.78 is 14.9. The van der Waals surface area contributed by atoms with E-state index in [1.807, 2.05) is 0 Å². The van der Waals surface area contributed by atoms with Crippen molar-refractivity contribution in [2.75, 3.05) is 0 Å². The van der Waals surface area contributed by atoms with Crippen LogP contribution >= 0.6 is 39.1 Å². The first-order valence-electron chi connectivity index (χ1n) is 4.90. The van der Waals surface area contributed by atoms with Crippen LogP contribution < -0.4 is 0 Å². The van der Waals surface area contributed by atoms with Gasteiger partial charge in [-0.25, -0.2) is 4.39 Å². The third-order valence-electron chi connectivity index (χ3n) is 2.44.